The van der Waals surface area contributed by atoms with Gasteiger partial charge in [0.15, 0.2) is 6.61 Å². The van der Waals surface area contributed by atoms with E-state index in [2.05, 4.69) is 47.6 Å². The maximum Gasteiger partial charge on any atom is 0.276 e. The van der Waals surface area contributed by atoms with Gasteiger partial charge in [0.25, 0.3) is 11.8 Å². The number of rotatable bonds is 12. The van der Waals surface area contributed by atoms with E-state index >= 15 is 0 Å². The third kappa shape index (κ3) is 8.19. The molecule has 1 atom stereocenters. The summed E-state index contributed by atoms with van der Waals surface area (Å²) >= 11 is 3.38. The van der Waals surface area contributed by atoms with Crippen molar-refractivity contribution >= 4 is 27.7 Å². The Morgan fingerprint density at radius 2 is 1.75 bits per heavy atom. The minimum Gasteiger partial charge on any atom is -0.493 e. The number of para-hydroxylation sites is 1. The molecular formula is C25H33BrN2O4. The number of halogens is 1. The average molecular weight is 505 g/mol. The van der Waals surface area contributed by atoms with Crippen LogP contribution in [-0.4, -0.2) is 25.0 Å². The van der Waals surface area contributed by atoms with Crippen LogP contribution in [0, 0.1) is 0 Å². The van der Waals surface area contributed by atoms with Crippen LogP contribution in [0.1, 0.15) is 74.7 Å². The summed E-state index contributed by atoms with van der Waals surface area (Å²) in [5, 5.41) is 0. The van der Waals surface area contributed by atoms with Crippen molar-refractivity contribution in [3.63, 3.8) is 0 Å². The molecule has 174 valence electrons. The smallest absolute Gasteiger partial charge is 0.276 e. The number of ether oxygens (including phenoxy) is 2. The van der Waals surface area contributed by atoms with Gasteiger partial charge in [-0.25, -0.2) is 0 Å². The van der Waals surface area contributed by atoms with E-state index in [0.29, 0.717) is 29.6 Å². The summed E-state index contributed by atoms with van der Waals surface area (Å²) in [5.41, 5.74) is 6.26. The summed E-state index contributed by atoms with van der Waals surface area (Å²) in [6.07, 6.45) is 5.30. The Bertz CT molecular complexity index is 888. The Hall–Kier alpha value is -2.54. The third-order valence-corrected chi connectivity index (χ3v) is 5.67. The lowest BCUT2D eigenvalue weighted by Crippen LogP contribution is -2.44. The van der Waals surface area contributed by atoms with Crippen molar-refractivity contribution in [2.45, 2.75) is 58.8 Å². The second kappa shape index (κ2) is 13.8. The first-order valence-electron chi connectivity index (χ1n) is 11.2. The van der Waals surface area contributed by atoms with Gasteiger partial charge >= 0.3 is 0 Å². The molecule has 0 saturated heterocycles. The molecular weight excluding hydrogens is 472 g/mol. The monoisotopic (exact) mass is 504 g/mol. The molecule has 0 fully saturated rings. The van der Waals surface area contributed by atoms with Crippen molar-refractivity contribution in [3.8, 4) is 11.5 Å². The Morgan fingerprint density at radius 3 is 2.50 bits per heavy atom. The zero-order valence-corrected chi connectivity index (χ0v) is 20.7. The molecule has 7 heteroatoms. The first-order valence-corrected chi connectivity index (χ1v) is 12.0. The minimum atomic E-state index is -0.455. The summed E-state index contributed by atoms with van der Waals surface area (Å²) in [5.74, 6) is 0.577. The zero-order valence-electron chi connectivity index (χ0n) is 19.1. The fourth-order valence-corrected chi connectivity index (χ4v) is 3.49. The molecule has 0 bridgehead atoms. The quantitative estimate of drug-likeness (QED) is 0.284. The van der Waals surface area contributed by atoms with Crippen molar-refractivity contribution in [1.29, 1.82) is 0 Å². The molecule has 2 N–H and O–H groups in total. The van der Waals surface area contributed by atoms with E-state index in [9.17, 15) is 9.59 Å². The second-order valence-corrected chi connectivity index (χ2v) is 8.60. The van der Waals surface area contributed by atoms with Crippen molar-refractivity contribution < 1.29 is 19.1 Å². The molecule has 1 unspecified atom stereocenters. The number of benzene rings is 2. The Morgan fingerprint density at radius 1 is 0.969 bits per heavy atom. The number of nitrogens with one attached hydrogen (secondary N) is 2. The van der Waals surface area contributed by atoms with Crippen LogP contribution in [0.2, 0.25) is 0 Å². The van der Waals surface area contributed by atoms with Crippen molar-refractivity contribution in [2.24, 2.45) is 0 Å². The van der Waals surface area contributed by atoms with Crippen LogP contribution in [0.25, 0.3) is 0 Å². The van der Waals surface area contributed by atoms with Gasteiger partial charge in [-0.2, -0.15) is 0 Å². The van der Waals surface area contributed by atoms with Gasteiger partial charge < -0.3 is 9.47 Å². The molecule has 0 heterocycles. The standard InChI is InChI=1S/C25H33BrN2O4/c1-4-6-7-10-15-31-23-14-13-19(26)16-21(23)25(30)28-27-24(29)17-32-22-12-9-8-11-20(22)18(3)5-2/h8-9,11-14,16,18H,4-7,10,15,17H2,1-3H3,(H,27,29)(H,28,30). The lowest BCUT2D eigenvalue weighted by molar-refractivity contribution is -0.123. The van der Waals surface area contributed by atoms with Crippen LogP contribution < -0.4 is 20.3 Å². The van der Waals surface area contributed by atoms with Crippen LogP contribution in [0.3, 0.4) is 0 Å². The number of amides is 2. The first kappa shape index (κ1) is 25.7. The lowest BCUT2D eigenvalue weighted by Gasteiger charge is -2.16. The number of hydrogen-bond donors (Lipinski definition) is 2. The van der Waals surface area contributed by atoms with Gasteiger partial charge in [-0.3, -0.25) is 20.4 Å². The van der Waals surface area contributed by atoms with Gasteiger partial charge in [0.2, 0.25) is 0 Å². The van der Waals surface area contributed by atoms with Gasteiger partial charge in [-0.1, -0.05) is 74.2 Å². The highest BCUT2D eigenvalue weighted by atomic mass is 79.9. The normalized spacial score (nSPS) is 11.5. The van der Waals surface area contributed by atoms with Crippen LogP contribution >= 0.6 is 15.9 Å². The molecule has 2 amide bonds. The fourth-order valence-electron chi connectivity index (χ4n) is 3.13. The number of hydrazine groups is 1. The maximum absolute atomic E-state index is 12.6. The molecule has 0 aromatic heterocycles. The van der Waals surface area contributed by atoms with E-state index in [-0.39, 0.29) is 6.61 Å². The minimum absolute atomic E-state index is 0.201. The fraction of sp³-hybridized carbons (Fsp3) is 0.440. The molecule has 2 aromatic carbocycles. The molecule has 2 rings (SSSR count). The van der Waals surface area contributed by atoms with E-state index in [1.54, 1.807) is 12.1 Å². The molecule has 0 aliphatic rings. The Balaban J connectivity index is 1.89. The maximum atomic E-state index is 12.6. The average Bonchev–Trinajstić information content (AvgIpc) is 2.81. The number of carbonyl (C=O) groups is 2. The largest absolute Gasteiger partial charge is 0.493 e. The van der Waals surface area contributed by atoms with Crippen LogP contribution in [0.4, 0.5) is 0 Å². The lowest BCUT2D eigenvalue weighted by atomic mass is 9.98. The van der Waals surface area contributed by atoms with Gasteiger partial charge in [0, 0.05) is 4.47 Å². The Labute approximate surface area is 199 Å². The summed E-state index contributed by atoms with van der Waals surface area (Å²) in [7, 11) is 0. The molecule has 0 saturated carbocycles. The van der Waals surface area contributed by atoms with E-state index < -0.39 is 11.8 Å². The van der Waals surface area contributed by atoms with Gasteiger partial charge in [0.05, 0.1) is 12.2 Å². The topological polar surface area (TPSA) is 76.7 Å². The van der Waals surface area contributed by atoms with E-state index in [4.69, 9.17) is 9.47 Å². The zero-order chi connectivity index (χ0) is 23.3. The highest BCUT2D eigenvalue weighted by Crippen LogP contribution is 2.28. The summed E-state index contributed by atoms with van der Waals surface area (Å²) in [6.45, 7) is 6.71. The summed E-state index contributed by atoms with van der Waals surface area (Å²) < 4.78 is 12.2. The molecule has 6 nitrogen and oxygen atoms in total. The van der Waals surface area contributed by atoms with Crippen molar-refractivity contribution in [1.82, 2.24) is 10.9 Å². The SMILES string of the molecule is CCCCCCOc1ccc(Br)cc1C(=O)NNC(=O)COc1ccccc1C(C)CC. The third-order valence-electron chi connectivity index (χ3n) is 5.18. The van der Waals surface area contributed by atoms with Gasteiger partial charge in [-0.15, -0.1) is 0 Å². The van der Waals surface area contributed by atoms with E-state index in [1.165, 1.54) is 0 Å². The van der Waals surface area contributed by atoms with Crippen molar-refractivity contribution in [2.75, 3.05) is 13.2 Å². The molecule has 0 spiro atoms. The van der Waals surface area contributed by atoms with Crippen LogP contribution in [0.15, 0.2) is 46.9 Å². The molecule has 0 aliphatic heterocycles. The number of unbranched alkanes of at least 4 members (excludes halogenated alkanes) is 3. The predicted molar refractivity (Wildman–Crippen MR) is 130 cm³/mol. The summed E-state index contributed by atoms with van der Waals surface area (Å²) in [4.78, 5) is 24.9. The number of carbonyl (C=O) groups excluding carboxylic acids is 2. The van der Waals surface area contributed by atoms with E-state index in [1.807, 2.05) is 30.3 Å². The molecule has 32 heavy (non-hydrogen) atoms. The van der Waals surface area contributed by atoms with Crippen molar-refractivity contribution in [3.05, 3.63) is 58.1 Å². The molecule has 0 radical (unpaired) electrons. The Kier molecular flexibility index (Phi) is 11.1. The highest BCUT2D eigenvalue weighted by Gasteiger charge is 2.15. The number of hydrogen-bond acceptors (Lipinski definition) is 4. The highest BCUT2D eigenvalue weighted by molar-refractivity contribution is 9.10. The van der Waals surface area contributed by atoms with Crippen LogP contribution in [0.5, 0.6) is 11.5 Å². The van der Waals surface area contributed by atoms with Gasteiger partial charge in [0.1, 0.15) is 11.5 Å². The molecule has 2 aromatic rings. The summed E-state index contributed by atoms with van der Waals surface area (Å²) in [6, 6.07) is 12.9. The van der Waals surface area contributed by atoms with E-state index in [0.717, 1.165) is 42.1 Å². The first-order chi connectivity index (χ1) is 15.5. The second-order valence-electron chi connectivity index (χ2n) is 7.69. The molecule has 0 aliphatic carbocycles. The van der Waals surface area contributed by atoms with Gasteiger partial charge in [-0.05, 0) is 48.6 Å². The predicted octanol–water partition coefficient (Wildman–Crippen LogP) is 5.76. The van der Waals surface area contributed by atoms with Crippen LogP contribution in [-0.2, 0) is 4.79 Å².